The molecule has 1 fully saturated rings. The molecule has 0 bridgehead atoms. The Bertz CT molecular complexity index is 1430. The first-order valence-electron chi connectivity index (χ1n) is 10.2. The molecule has 7 nitrogen and oxygen atoms in total. The van der Waals surface area contributed by atoms with Gasteiger partial charge >= 0.3 is 0 Å². The summed E-state index contributed by atoms with van der Waals surface area (Å²) in [4.78, 5) is 6.74. The van der Waals surface area contributed by atoms with Crippen LogP contribution in [0.3, 0.4) is 0 Å². The zero-order valence-corrected chi connectivity index (χ0v) is 20.7. The van der Waals surface area contributed by atoms with Crippen LogP contribution in [-0.2, 0) is 10.0 Å². The number of sulfonamides is 1. The van der Waals surface area contributed by atoms with Crippen LogP contribution in [-0.4, -0.2) is 54.1 Å². The van der Waals surface area contributed by atoms with Crippen molar-refractivity contribution in [3.05, 3.63) is 63.6 Å². The number of piperazine rings is 1. The number of halogens is 2. The molecule has 4 aromatic rings. The number of aromatic nitrogens is 3. The van der Waals surface area contributed by atoms with Gasteiger partial charge in [0, 0.05) is 36.8 Å². The highest BCUT2D eigenvalue weighted by Gasteiger charge is 2.29. The van der Waals surface area contributed by atoms with Gasteiger partial charge in [0.15, 0.2) is 5.82 Å². The molecule has 33 heavy (non-hydrogen) atoms. The highest BCUT2D eigenvalue weighted by Crippen LogP contribution is 2.30. The summed E-state index contributed by atoms with van der Waals surface area (Å²) in [6.07, 6.45) is 0. The van der Waals surface area contributed by atoms with Crippen LogP contribution >= 0.6 is 34.5 Å². The van der Waals surface area contributed by atoms with Crippen LogP contribution < -0.4 is 4.90 Å². The lowest BCUT2D eigenvalue weighted by Gasteiger charge is -2.34. The molecular formula is C22H19Cl2N5O2S2. The molecule has 2 aromatic heterocycles. The largest absolute Gasteiger partial charge is 0.352 e. The molecule has 11 heteroatoms. The van der Waals surface area contributed by atoms with Gasteiger partial charge in [-0.3, -0.25) is 0 Å². The first-order chi connectivity index (χ1) is 15.8. The van der Waals surface area contributed by atoms with Gasteiger partial charge in [-0.25, -0.2) is 13.4 Å². The van der Waals surface area contributed by atoms with Crippen molar-refractivity contribution in [2.24, 2.45) is 0 Å². The van der Waals surface area contributed by atoms with Crippen LogP contribution in [0.5, 0.6) is 0 Å². The van der Waals surface area contributed by atoms with Gasteiger partial charge in [0.05, 0.1) is 30.8 Å². The van der Waals surface area contributed by atoms with E-state index in [1.807, 2.05) is 30.0 Å². The summed E-state index contributed by atoms with van der Waals surface area (Å²) in [5.41, 5.74) is 2.22. The molecule has 1 aliphatic rings. The van der Waals surface area contributed by atoms with Gasteiger partial charge in [0.2, 0.25) is 10.0 Å². The summed E-state index contributed by atoms with van der Waals surface area (Å²) in [7, 11) is -3.58. The van der Waals surface area contributed by atoms with Crippen LogP contribution in [0.2, 0.25) is 10.0 Å². The SMILES string of the molecule is Cc1nc2ccc(S(=O)(=O)N3CCN(c4ccc(-c5ccc(Cl)cc5Cl)nn4)CC3)cc2s1. The first kappa shape index (κ1) is 22.5. The molecule has 170 valence electrons. The number of fused-ring (bicyclic) bond motifs is 1. The maximum absolute atomic E-state index is 13.2. The highest BCUT2D eigenvalue weighted by molar-refractivity contribution is 7.89. The summed E-state index contributed by atoms with van der Waals surface area (Å²) in [6.45, 7) is 3.70. The normalized spacial score (nSPS) is 15.3. The van der Waals surface area contributed by atoms with E-state index in [0.29, 0.717) is 52.6 Å². The van der Waals surface area contributed by atoms with E-state index in [-0.39, 0.29) is 0 Å². The predicted molar refractivity (Wildman–Crippen MR) is 133 cm³/mol. The van der Waals surface area contributed by atoms with Gasteiger partial charge in [-0.05, 0) is 55.5 Å². The van der Waals surface area contributed by atoms with Gasteiger partial charge < -0.3 is 4.90 Å². The fourth-order valence-electron chi connectivity index (χ4n) is 3.82. The number of aryl methyl sites for hydroxylation is 1. The molecule has 0 amide bonds. The molecule has 1 saturated heterocycles. The number of rotatable bonds is 4. The molecule has 0 unspecified atom stereocenters. The Morgan fingerprint density at radius 1 is 0.939 bits per heavy atom. The fourth-order valence-corrected chi connectivity index (χ4v) is 6.72. The van der Waals surface area contributed by atoms with Gasteiger partial charge in [0.1, 0.15) is 0 Å². The fraction of sp³-hybridized carbons (Fsp3) is 0.227. The van der Waals surface area contributed by atoms with Crippen molar-refractivity contribution in [2.75, 3.05) is 31.1 Å². The average molecular weight is 520 g/mol. The summed E-state index contributed by atoms with van der Waals surface area (Å²) in [5.74, 6) is 0.697. The number of hydrogen-bond donors (Lipinski definition) is 0. The maximum atomic E-state index is 13.2. The Morgan fingerprint density at radius 2 is 1.73 bits per heavy atom. The molecule has 0 radical (unpaired) electrons. The van der Waals surface area contributed by atoms with Crippen LogP contribution in [0.4, 0.5) is 5.82 Å². The van der Waals surface area contributed by atoms with Crippen LogP contribution in [0.25, 0.3) is 21.5 Å². The molecule has 0 spiro atoms. The number of anilines is 1. The predicted octanol–water partition coefficient (Wildman–Crippen LogP) is 4.88. The Hall–Kier alpha value is -2.30. The van der Waals surface area contributed by atoms with E-state index < -0.39 is 10.0 Å². The third-order valence-electron chi connectivity index (χ3n) is 5.52. The molecule has 0 atom stereocenters. The quantitative estimate of drug-likeness (QED) is 0.382. The van der Waals surface area contributed by atoms with Gasteiger partial charge in [0.25, 0.3) is 0 Å². The second-order valence-electron chi connectivity index (χ2n) is 7.65. The van der Waals surface area contributed by atoms with Crippen LogP contribution in [0.15, 0.2) is 53.4 Å². The zero-order chi connectivity index (χ0) is 23.2. The van der Waals surface area contributed by atoms with Crippen molar-refractivity contribution in [3.8, 4) is 11.3 Å². The number of hydrogen-bond acceptors (Lipinski definition) is 7. The van der Waals surface area contributed by atoms with E-state index >= 15 is 0 Å². The Balaban J connectivity index is 1.29. The van der Waals surface area contributed by atoms with E-state index in [0.717, 1.165) is 20.8 Å². The second kappa shape index (κ2) is 8.81. The molecular weight excluding hydrogens is 501 g/mol. The van der Waals surface area contributed by atoms with Crippen molar-refractivity contribution in [1.29, 1.82) is 0 Å². The van der Waals surface area contributed by atoms with Gasteiger partial charge in [-0.15, -0.1) is 21.5 Å². The van der Waals surface area contributed by atoms with E-state index in [9.17, 15) is 8.42 Å². The summed E-state index contributed by atoms with van der Waals surface area (Å²) in [6, 6.07) is 14.1. The second-order valence-corrected chi connectivity index (χ2v) is 11.7. The average Bonchev–Trinajstić information content (AvgIpc) is 3.19. The molecule has 3 heterocycles. The van der Waals surface area contributed by atoms with E-state index in [2.05, 4.69) is 15.2 Å². The van der Waals surface area contributed by atoms with Crippen molar-refractivity contribution >= 4 is 60.6 Å². The number of benzene rings is 2. The minimum Gasteiger partial charge on any atom is -0.352 e. The minimum atomic E-state index is -3.58. The standard InChI is InChI=1S/C22H19Cl2N5O2S2/c1-14-25-20-5-3-16(13-21(20)32-14)33(30,31)29-10-8-28(9-11-29)22-7-6-19(26-27-22)17-4-2-15(23)12-18(17)24/h2-7,12-13H,8-11H2,1H3. The van der Waals surface area contributed by atoms with E-state index in [4.69, 9.17) is 23.2 Å². The zero-order valence-electron chi connectivity index (χ0n) is 17.6. The number of nitrogens with zero attached hydrogens (tertiary/aromatic N) is 5. The van der Waals surface area contributed by atoms with Gasteiger partial charge in [-0.1, -0.05) is 23.2 Å². The summed E-state index contributed by atoms with van der Waals surface area (Å²) >= 11 is 13.7. The topological polar surface area (TPSA) is 79.3 Å². The molecule has 5 rings (SSSR count). The lowest BCUT2D eigenvalue weighted by atomic mass is 10.1. The first-order valence-corrected chi connectivity index (χ1v) is 13.2. The van der Waals surface area contributed by atoms with Crippen LogP contribution in [0, 0.1) is 6.92 Å². The number of thiazole rings is 1. The van der Waals surface area contributed by atoms with Crippen molar-refractivity contribution in [1.82, 2.24) is 19.5 Å². The smallest absolute Gasteiger partial charge is 0.243 e. The van der Waals surface area contributed by atoms with Crippen molar-refractivity contribution < 1.29 is 8.42 Å². The third-order valence-corrected chi connectivity index (χ3v) is 8.90. The third kappa shape index (κ3) is 4.43. The van der Waals surface area contributed by atoms with E-state index in [1.165, 1.54) is 15.6 Å². The highest BCUT2D eigenvalue weighted by atomic mass is 35.5. The summed E-state index contributed by atoms with van der Waals surface area (Å²) in [5, 5.41) is 10.6. The lowest BCUT2D eigenvalue weighted by Crippen LogP contribution is -2.48. The Morgan fingerprint density at radius 3 is 2.42 bits per heavy atom. The van der Waals surface area contributed by atoms with E-state index in [1.54, 1.807) is 30.3 Å². The Labute approximate surface area is 205 Å². The molecule has 0 aliphatic carbocycles. The maximum Gasteiger partial charge on any atom is 0.243 e. The molecule has 2 aromatic carbocycles. The molecule has 0 saturated carbocycles. The molecule has 0 N–H and O–H groups in total. The monoisotopic (exact) mass is 519 g/mol. The molecule has 1 aliphatic heterocycles. The van der Waals surface area contributed by atoms with Crippen molar-refractivity contribution in [3.63, 3.8) is 0 Å². The minimum absolute atomic E-state index is 0.302. The summed E-state index contributed by atoms with van der Waals surface area (Å²) < 4.78 is 28.8. The van der Waals surface area contributed by atoms with Crippen LogP contribution in [0.1, 0.15) is 5.01 Å². The Kier molecular flexibility index (Phi) is 6.00. The lowest BCUT2D eigenvalue weighted by molar-refractivity contribution is 0.383. The van der Waals surface area contributed by atoms with Gasteiger partial charge in [-0.2, -0.15) is 4.31 Å². The van der Waals surface area contributed by atoms with Crippen molar-refractivity contribution in [2.45, 2.75) is 11.8 Å².